The molecule has 0 atom stereocenters. The molecular weight excluding hydrogens is 402 g/mol. The maximum Gasteiger partial charge on any atom is 0.339 e. The van der Waals surface area contributed by atoms with Crippen LogP contribution in [-0.4, -0.2) is 33.6 Å². The van der Waals surface area contributed by atoms with Crippen LogP contribution >= 0.6 is 15.9 Å². The fourth-order valence-corrected chi connectivity index (χ4v) is 2.51. The number of hydrogen-bond acceptors (Lipinski definition) is 5. The van der Waals surface area contributed by atoms with Gasteiger partial charge in [0.1, 0.15) is 0 Å². The van der Waals surface area contributed by atoms with E-state index < -0.39 is 6.03 Å². The maximum atomic E-state index is 12.0. The number of methoxy groups -OCH3 is 3. The fourth-order valence-electron chi connectivity index (χ4n) is 2.27. The number of ether oxygens (including phenoxy) is 3. The lowest BCUT2D eigenvalue weighted by Gasteiger charge is -2.13. The van der Waals surface area contributed by atoms with Gasteiger partial charge in [-0.25, -0.2) is 10.2 Å². The number of carbonyl (C=O) groups is 1. The molecule has 2 aromatic carbocycles. The highest BCUT2D eigenvalue weighted by molar-refractivity contribution is 9.10. The van der Waals surface area contributed by atoms with Crippen LogP contribution in [0.3, 0.4) is 0 Å². The molecule has 2 rings (SSSR count). The van der Waals surface area contributed by atoms with E-state index in [0.717, 1.165) is 10.0 Å². The molecule has 26 heavy (non-hydrogen) atoms. The first-order valence-corrected chi connectivity index (χ1v) is 8.44. The van der Waals surface area contributed by atoms with Gasteiger partial charge in [-0.2, -0.15) is 5.10 Å². The zero-order chi connectivity index (χ0) is 19.1. The van der Waals surface area contributed by atoms with Crippen LogP contribution in [-0.2, 0) is 0 Å². The van der Waals surface area contributed by atoms with E-state index in [2.05, 4.69) is 31.8 Å². The standard InChI is InChI=1S/C18H20BrN3O4/c1-11-9-13(6-7-14(11)19)21-18(23)22-20-10-12-5-8-15(24-2)17(26-4)16(12)25-3/h5-10H,1-4H3,(H2,21,22,23)/b20-10+. The van der Waals surface area contributed by atoms with Gasteiger partial charge >= 0.3 is 6.03 Å². The third-order valence-corrected chi connectivity index (χ3v) is 4.41. The van der Waals surface area contributed by atoms with Crippen LogP contribution in [0.4, 0.5) is 10.5 Å². The monoisotopic (exact) mass is 421 g/mol. The summed E-state index contributed by atoms with van der Waals surface area (Å²) in [6.07, 6.45) is 1.47. The number of hydrazone groups is 1. The molecule has 2 aromatic rings. The largest absolute Gasteiger partial charge is 0.493 e. The van der Waals surface area contributed by atoms with Crippen molar-refractivity contribution in [3.8, 4) is 17.2 Å². The van der Waals surface area contributed by atoms with Gasteiger partial charge in [0.15, 0.2) is 11.5 Å². The minimum absolute atomic E-state index is 0.453. The van der Waals surface area contributed by atoms with E-state index in [9.17, 15) is 4.79 Å². The molecule has 0 aromatic heterocycles. The highest BCUT2D eigenvalue weighted by atomic mass is 79.9. The Labute approximate surface area is 160 Å². The summed E-state index contributed by atoms with van der Waals surface area (Å²) >= 11 is 3.42. The SMILES string of the molecule is COc1ccc(/C=N/NC(=O)Nc2ccc(Br)c(C)c2)c(OC)c1OC. The van der Waals surface area contributed by atoms with Crippen molar-refractivity contribution >= 4 is 33.9 Å². The fraction of sp³-hybridized carbons (Fsp3) is 0.222. The number of halogens is 1. The molecule has 0 fully saturated rings. The minimum Gasteiger partial charge on any atom is -0.493 e. The maximum absolute atomic E-state index is 12.0. The van der Waals surface area contributed by atoms with Gasteiger partial charge in [-0.15, -0.1) is 0 Å². The summed E-state index contributed by atoms with van der Waals surface area (Å²) in [6.45, 7) is 1.94. The predicted octanol–water partition coefficient (Wildman–Crippen LogP) is 3.94. The number of anilines is 1. The first-order valence-electron chi connectivity index (χ1n) is 7.65. The number of aryl methyl sites for hydroxylation is 1. The predicted molar refractivity (Wildman–Crippen MR) is 105 cm³/mol. The molecule has 0 spiro atoms. The van der Waals surface area contributed by atoms with Crippen molar-refractivity contribution < 1.29 is 19.0 Å². The smallest absolute Gasteiger partial charge is 0.339 e. The lowest BCUT2D eigenvalue weighted by molar-refractivity contribution is 0.252. The third kappa shape index (κ3) is 4.66. The molecule has 138 valence electrons. The van der Waals surface area contributed by atoms with Crippen molar-refractivity contribution in [1.82, 2.24) is 5.43 Å². The molecule has 0 aliphatic rings. The number of urea groups is 1. The molecular formula is C18H20BrN3O4. The molecule has 0 aliphatic heterocycles. The van der Waals surface area contributed by atoms with Crippen molar-refractivity contribution in [2.45, 2.75) is 6.92 Å². The van der Waals surface area contributed by atoms with E-state index in [0.29, 0.717) is 28.5 Å². The van der Waals surface area contributed by atoms with Crippen LogP contribution in [0.1, 0.15) is 11.1 Å². The van der Waals surface area contributed by atoms with Gasteiger partial charge in [0, 0.05) is 15.7 Å². The topological polar surface area (TPSA) is 81.2 Å². The molecule has 0 saturated carbocycles. The summed E-state index contributed by atoms with van der Waals surface area (Å²) < 4.78 is 16.9. The Morgan fingerprint density at radius 1 is 1.08 bits per heavy atom. The van der Waals surface area contributed by atoms with Crippen LogP contribution in [0.2, 0.25) is 0 Å². The van der Waals surface area contributed by atoms with Crippen molar-refractivity contribution in [3.63, 3.8) is 0 Å². The van der Waals surface area contributed by atoms with Crippen LogP contribution < -0.4 is 25.0 Å². The lowest BCUT2D eigenvalue weighted by Crippen LogP contribution is -2.24. The number of nitrogens with one attached hydrogen (secondary N) is 2. The average molecular weight is 422 g/mol. The van der Waals surface area contributed by atoms with E-state index in [-0.39, 0.29) is 0 Å². The molecule has 0 aliphatic carbocycles. The minimum atomic E-state index is -0.456. The normalized spacial score (nSPS) is 10.5. The van der Waals surface area contributed by atoms with Gasteiger partial charge in [0.25, 0.3) is 0 Å². The molecule has 0 radical (unpaired) electrons. The number of rotatable bonds is 6. The first kappa shape index (κ1) is 19.6. The molecule has 2 N–H and O–H groups in total. The molecule has 2 amide bonds. The Hall–Kier alpha value is -2.74. The highest BCUT2D eigenvalue weighted by Crippen LogP contribution is 2.38. The highest BCUT2D eigenvalue weighted by Gasteiger charge is 2.14. The summed E-state index contributed by atoms with van der Waals surface area (Å²) in [5, 5.41) is 6.65. The van der Waals surface area contributed by atoms with E-state index in [1.54, 1.807) is 25.3 Å². The summed E-state index contributed by atoms with van der Waals surface area (Å²) in [4.78, 5) is 12.0. The number of nitrogens with zero attached hydrogens (tertiary/aromatic N) is 1. The quantitative estimate of drug-likeness (QED) is 0.546. The van der Waals surface area contributed by atoms with Crippen LogP contribution in [0.15, 0.2) is 39.9 Å². The molecule has 0 saturated heterocycles. The van der Waals surface area contributed by atoms with Gasteiger partial charge in [0.05, 0.1) is 27.5 Å². The first-order chi connectivity index (χ1) is 12.5. The lowest BCUT2D eigenvalue weighted by atomic mass is 10.2. The Balaban J connectivity index is 2.07. The van der Waals surface area contributed by atoms with Crippen LogP contribution in [0.5, 0.6) is 17.2 Å². The Kier molecular flexibility index (Phi) is 6.85. The molecule has 0 heterocycles. The van der Waals surface area contributed by atoms with Gasteiger partial charge in [-0.05, 0) is 42.8 Å². The number of benzene rings is 2. The van der Waals surface area contributed by atoms with Gasteiger partial charge in [-0.3, -0.25) is 0 Å². The summed E-state index contributed by atoms with van der Waals surface area (Å²) in [6, 6.07) is 8.53. The van der Waals surface area contributed by atoms with Gasteiger partial charge in [0.2, 0.25) is 5.75 Å². The van der Waals surface area contributed by atoms with Gasteiger partial charge in [-0.1, -0.05) is 15.9 Å². The van der Waals surface area contributed by atoms with E-state index in [1.165, 1.54) is 20.4 Å². The van der Waals surface area contributed by atoms with Crippen molar-refractivity contribution in [2.75, 3.05) is 26.6 Å². The second-order valence-corrected chi connectivity index (χ2v) is 6.07. The molecule has 7 nitrogen and oxygen atoms in total. The Morgan fingerprint density at radius 3 is 2.42 bits per heavy atom. The van der Waals surface area contributed by atoms with Gasteiger partial charge < -0.3 is 19.5 Å². The summed E-state index contributed by atoms with van der Waals surface area (Å²) in [5.74, 6) is 1.45. The molecule has 0 bridgehead atoms. The summed E-state index contributed by atoms with van der Waals surface area (Å²) in [7, 11) is 4.58. The zero-order valence-electron chi connectivity index (χ0n) is 14.9. The van der Waals surface area contributed by atoms with Crippen LogP contribution in [0.25, 0.3) is 0 Å². The van der Waals surface area contributed by atoms with E-state index >= 15 is 0 Å². The second kappa shape index (κ2) is 9.10. The molecule has 0 unspecified atom stereocenters. The van der Waals surface area contributed by atoms with Crippen molar-refractivity contribution in [2.24, 2.45) is 5.10 Å². The van der Waals surface area contributed by atoms with Crippen molar-refractivity contribution in [3.05, 3.63) is 45.9 Å². The van der Waals surface area contributed by atoms with E-state index in [1.807, 2.05) is 19.1 Å². The Bertz CT molecular complexity index is 824. The van der Waals surface area contributed by atoms with Crippen LogP contribution in [0, 0.1) is 6.92 Å². The number of carbonyl (C=O) groups excluding carboxylic acids is 1. The Morgan fingerprint density at radius 2 is 1.81 bits per heavy atom. The van der Waals surface area contributed by atoms with Crippen molar-refractivity contribution in [1.29, 1.82) is 0 Å². The summed E-state index contributed by atoms with van der Waals surface area (Å²) in [5.41, 5.74) is 4.72. The second-order valence-electron chi connectivity index (χ2n) is 5.21. The average Bonchev–Trinajstić information content (AvgIpc) is 2.64. The zero-order valence-corrected chi connectivity index (χ0v) is 16.5. The third-order valence-electron chi connectivity index (χ3n) is 3.52. The number of amides is 2. The molecule has 8 heteroatoms. The number of hydrogen-bond donors (Lipinski definition) is 2. The van der Waals surface area contributed by atoms with E-state index in [4.69, 9.17) is 14.2 Å².